The first-order chi connectivity index (χ1) is 44.0. The largest absolute Gasteiger partial charge is 0.481 e. The summed E-state index contributed by atoms with van der Waals surface area (Å²) in [5, 5.41) is 20.9. The summed E-state index contributed by atoms with van der Waals surface area (Å²) in [6.07, 6.45) is 0.170. The van der Waals surface area contributed by atoms with Crippen LogP contribution in [0.2, 0.25) is 0 Å². The predicted molar refractivity (Wildman–Crippen MR) is 351 cm³/mol. The Morgan fingerprint density at radius 3 is 1.16 bits per heavy atom. The number of halogens is 1. The van der Waals surface area contributed by atoms with Gasteiger partial charge in [-0.1, -0.05) is 265 Å². The lowest BCUT2D eigenvalue weighted by atomic mass is 9.76. The Hall–Kier alpha value is -9.86. The third-order valence-electron chi connectivity index (χ3n) is 16.1. The maximum absolute atomic E-state index is 14.3. The first-order valence-electron chi connectivity index (χ1n) is 30.9. The van der Waals surface area contributed by atoms with Crippen LogP contribution in [0.5, 0.6) is 0 Å². The molecule has 0 saturated carbocycles. The second-order valence-electron chi connectivity index (χ2n) is 21.9. The molecule has 4 atom stereocenters. The molecule has 0 spiro atoms. The Morgan fingerprint density at radius 2 is 0.833 bits per heavy atom. The number of Topliss-reactive ketones (excluding diaryl/α,β-unsaturated/α-hetero) is 2. The van der Waals surface area contributed by atoms with Gasteiger partial charge in [-0.25, -0.2) is 4.79 Å². The van der Waals surface area contributed by atoms with E-state index in [1.165, 1.54) is 6.92 Å². The van der Waals surface area contributed by atoms with Crippen molar-refractivity contribution in [3.05, 3.63) is 275 Å². The number of benzene rings is 8. The molecule has 4 amide bonds. The molecule has 468 valence electrons. The van der Waals surface area contributed by atoms with Gasteiger partial charge < -0.3 is 36.8 Å². The normalized spacial score (nSPS) is 12.8. The smallest absolute Gasteiger partial charge is 0.407 e. The number of alkyl carbamates (subject to hydrolysis) is 1. The van der Waals surface area contributed by atoms with Crippen LogP contribution in [0.15, 0.2) is 231 Å². The minimum atomic E-state index is -1.33. The number of hydrogen-bond donors (Lipinski definition) is 6. The van der Waals surface area contributed by atoms with E-state index in [0.717, 1.165) is 62.1 Å². The van der Waals surface area contributed by atoms with E-state index in [-0.39, 0.29) is 61.3 Å². The average molecular weight is 1220 g/mol. The van der Waals surface area contributed by atoms with Crippen LogP contribution in [0.4, 0.5) is 9.18 Å². The third kappa shape index (κ3) is 17.7. The van der Waals surface area contributed by atoms with Gasteiger partial charge in [0.1, 0.15) is 29.5 Å². The Balaban J connectivity index is 0.000000280. The van der Waals surface area contributed by atoms with Gasteiger partial charge in [0.05, 0.1) is 34.0 Å². The van der Waals surface area contributed by atoms with Gasteiger partial charge >= 0.3 is 12.1 Å². The first-order valence-corrected chi connectivity index (χ1v) is 30.2. The van der Waals surface area contributed by atoms with E-state index in [1.54, 1.807) is 6.92 Å². The Bertz CT molecular complexity index is 3370. The van der Waals surface area contributed by atoms with Crippen molar-refractivity contribution in [3.63, 3.8) is 0 Å². The second kappa shape index (κ2) is 34.6. The SMILES string of the molecule is CC[C@H](C)C(=O)CN.CC[C@H](C)C(=O)CNC(=O)[C@H](CC(=O)NC(c1ccccc1)(c1ccccc1)c1ccccc1)NC(=O)OCC1c2ccccc2-c2ccccc21.C[C@@H](CC(=O)NC(c1ccccc1)(c1ccccc1)c1ccccc1)C(=O)O.[2H]CF. The van der Waals surface area contributed by atoms with E-state index in [0.29, 0.717) is 6.42 Å². The van der Waals surface area contributed by atoms with Gasteiger partial charge in [0.15, 0.2) is 5.78 Å². The van der Waals surface area contributed by atoms with Gasteiger partial charge in [-0.2, -0.15) is 0 Å². The molecule has 14 nitrogen and oxygen atoms in total. The average Bonchev–Trinajstić information content (AvgIpc) is 1.26. The van der Waals surface area contributed by atoms with E-state index < -0.39 is 60.5 Å². The van der Waals surface area contributed by atoms with Crippen LogP contribution in [0.3, 0.4) is 0 Å². The quantitative estimate of drug-likeness (QED) is 0.0314. The van der Waals surface area contributed by atoms with Crippen molar-refractivity contribution in [2.75, 3.05) is 26.8 Å². The molecule has 0 heterocycles. The minimum absolute atomic E-state index is 0.0338. The Kier molecular flexibility index (Phi) is 26.0. The van der Waals surface area contributed by atoms with Crippen LogP contribution in [0.25, 0.3) is 11.1 Å². The van der Waals surface area contributed by atoms with Crippen molar-refractivity contribution in [2.45, 2.75) is 83.3 Å². The van der Waals surface area contributed by atoms with Gasteiger partial charge in [0.2, 0.25) is 17.7 Å². The number of amides is 4. The molecule has 1 aliphatic rings. The topological polar surface area (TPSA) is 223 Å². The molecule has 0 bridgehead atoms. The number of carbonyl (C=O) groups is 7. The van der Waals surface area contributed by atoms with E-state index in [2.05, 4.69) is 21.3 Å². The van der Waals surface area contributed by atoms with Crippen molar-refractivity contribution < 1.29 is 49.2 Å². The number of carboxylic acid groups (broad SMARTS) is 1. The Morgan fingerprint density at radius 1 is 0.511 bits per heavy atom. The highest BCUT2D eigenvalue weighted by Gasteiger charge is 2.41. The standard InChI is InChI=1S/C44H43N3O5.C24H23NO3.C6H13NO.CH3F/c1-3-30(2)40(48)28-45-42(50)39(46-43(51)52-29-38-36-25-15-13-23-34(36)35-24-14-16-26-37(35)38)27-41(49)47-44(31-17-7-4-8-18-31,32-19-9-5-10-20-32)33-21-11-6-12-22-33;1-18(23(27)28)17-22(26)25-24(19-11-5-2-6-12-19,20-13-7-3-8-14-20)21-15-9-4-10-16-21;1-3-5(2)6(8)4-7;1-2/h4-26,30,38-39H,3,27-29H2,1-2H3,(H,45,50)(H,46,51)(H,47,49);2-16,18H,17H2,1H3,(H,25,26)(H,27,28);5H,3-4,7H2,1-2H3;1H3/t30-,39-;18-;5-;/m000./s1/i;;;1D. The number of nitrogens with one attached hydrogen (secondary N) is 4. The second-order valence-corrected chi connectivity index (χ2v) is 21.9. The number of ether oxygens (including phenoxy) is 1. The maximum Gasteiger partial charge on any atom is 0.407 e. The van der Waals surface area contributed by atoms with Crippen LogP contribution in [0, 0.1) is 17.8 Å². The monoisotopic (exact) mass is 1220 g/mol. The molecule has 1 aliphatic carbocycles. The number of rotatable bonds is 24. The summed E-state index contributed by atoms with van der Waals surface area (Å²) in [6.45, 7) is 9.12. The molecular formula is C75H82FN5O9. The molecule has 0 radical (unpaired) electrons. The molecule has 0 unspecified atom stereocenters. The molecule has 0 fully saturated rings. The summed E-state index contributed by atoms with van der Waals surface area (Å²) >= 11 is 0. The lowest BCUT2D eigenvalue weighted by molar-refractivity contribution is -0.143. The van der Waals surface area contributed by atoms with Crippen LogP contribution < -0.4 is 27.0 Å². The highest BCUT2D eigenvalue weighted by atomic mass is 19.1. The van der Waals surface area contributed by atoms with Gasteiger partial charge in [0, 0.05) is 24.2 Å². The highest BCUT2D eigenvalue weighted by molar-refractivity contribution is 5.94. The number of fused-ring (bicyclic) bond motifs is 3. The maximum atomic E-state index is 14.3. The molecule has 90 heavy (non-hydrogen) atoms. The van der Waals surface area contributed by atoms with E-state index in [4.69, 9.17) is 11.8 Å². The zero-order chi connectivity index (χ0) is 65.8. The fourth-order valence-corrected chi connectivity index (χ4v) is 10.8. The molecule has 15 heteroatoms. The molecular weight excluding hydrogens is 1130 g/mol. The molecule has 0 saturated heterocycles. The van der Waals surface area contributed by atoms with Crippen LogP contribution in [0.1, 0.15) is 112 Å². The van der Waals surface area contributed by atoms with Gasteiger partial charge in [0.25, 0.3) is 0 Å². The predicted octanol–water partition coefficient (Wildman–Crippen LogP) is 12.5. The number of carbonyl (C=O) groups excluding carboxylic acids is 6. The van der Waals surface area contributed by atoms with Crippen LogP contribution in [-0.2, 0) is 44.6 Å². The van der Waals surface area contributed by atoms with Crippen molar-refractivity contribution in [3.8, 4) is 11.1 Å². The minimum Gasteiger partial charge on any atom is -0.481 e. The van der Waals surface area contributed by atoms with E-state index in [9.17, 15) is 43.1 Å². The van der Waals surface area contributed by atoms with Crippen molar-refractivity contribution in [1.29, 1.82) is 0 Å². The summed E-state index contributed by atoms with van der Waals surface area (Å²) in [4.78, 5) is 88.8. The lowest BCUT2D eigenvalue weighted by Crippen LogP contribution is -2.53. The van der Waals surface area contributed by atoms with Gasteiger partial charge in [-0.05, 0) is 68.5 Å². The molecule has 8 aromatic rings. The fraction of sp³-hybridized carbons (Fsp3) is 0.267. The summed E-state index contributed by atoms with van der Waals surface area (Å²) in [5.74, 6) is -3.49. The number of carboxylic acids is 1. The zero-order valence-electron chi connectivity index (χ0n) is 52.7. The van der Waals surface area contributed by atoms with Crippen molar-refractivity contribution >= 4 is 41.4 Å². The van der Waals surface area contributed by atoms with E-state index >= 15 is 0 Å². The third-order valence-corrected chi connectivity index (χ3v) is 16.1. The molecule has 7 N–H and O–H groups in total. The van der Waals surface area contributed by atoms with Gasteiger partial charge in [-0.3, -0.25) is 33.2 Å². The summed E-state index contributed by atoms with van der Waals surface area (Å²) in [5.41, 5.74) is 12.5. The molecule has 8 aromatic carbocycles. The molecule has 0 aliphatic heterocycles. The Labute approximate surface area is 529 Å². The molecule has 9 rings (SSSR count). The number of aliphatic carboxylic acids is 1. The zero-order valence-corrected chi connectivity index (χ0v) is 51.7. The molecule has 0 aromatic heterocycles. The number of hydrogen-bond acceptors (Lipinski definition) is 9. The fourth-order valence-electron chi connectivity index (χ4n) is 10.8. The highest BCUT2D eigenvalue weighted by Crippen LogP contribution is 2.45. The summed E-state index contributed by atoms with van der Waals surface area (Å²) in [7, 11) is -1.00. The van der Waals surface area contributed by atoms with Crippen LogP contribution >= 0.6 is 0 Å². The number of ketones is 2. The first kappa shape index (κ1) is 67.6. The van der Waals surface area contributed by atoms with Crippen molar-refractivity contribution in [2.24, 2.45) is 23.5 Å². The van der Waals surface area contributed by atoms with E-state index in [1.807, 2.05) is 251 Å². The number of nitrogens with two attached hydrogens (primary N) is 1. The summed E-state index contributed by atoms with van der Waals surface area (Å²) < 4.78 is 21.3. The van der Waals surface area contributed by atoms with Crippen molar-refractivity contribution in [1.82, 2.24) is 21.3 Å². The lowest BCUT2D eigenvalue weighted by Gasteiger charge is -2.37. The summed E-state index contributed by atoms with van der Waals surface area (Å²) in [6, 6.07) is 72.7. The van der Waals surface area contributed by atoms with Crippen LogP contribution in [-0.4, -0.2) is 79.3 Å². The number of alkyl halides is 1. The van der Waals surface area contributed by atoms with Gasteiger partial charge in [-0.15, -0.1) is 0 Å².